The third-order valence-corrected chi connectivity index (χ3v) is 5.77. The van der Waals surface area contributed by atoms with Crippen LogP contribution in [-0.2, 0) is 14.8 Å². The summed E-state index contributed by atoms with van der Waals surface area (Å²) in [5.41, 5.74) is 0.482. The number of carbonyl (C=O) groups is 1. The zero-order valence-electron chi connectivity index (χ0n) is 13.4. The number of amides is 1. The molecule has 0 N–H and O–H groups in total. The Morgan fingerprint density at radius 3 is 2.35 bits per heavy atom. The van der Waals surface area contributed by atoms with E-state index in [9.17, 15) is 13.2 Å². The number of benzene rings is 1. The van der Waals surface area contributed by atoms with Crippen molar-refractivity contribution < 1.29 is 13.2 Å². The quantitative estimate of drug-likeness (QED) is 0.744. The lowest BCUT2D eigenvalue weighted by molar-refractivity contribution is -0.131. The van der Waals surface area contributed by atoms with Crippen LogP contribution in [0.15, 0.2) is 28.7 Å². The molecule has 1 amide bonds. The highest BCUT2D eigenvalue weighted by Gasteiger charge is 2.27. The number of hydrogen-bond acceptors (Lipinski definition) is 4. The first kappa shape index (κ1) is 18.2. The Kier molecular flexibility index (Phi) is 6.05. The Morgan fingerprint density at radius 1 is 1.22 bits per heavy atom. The van der Waals surface area contributed by atoms with Gasteiger partial charge in [0.2, 0.25) is 15.9 Å². The molecule has 0 radical (unpaired) electrons. The van der Waals surface area contributed by atoms with Crippen molar-refractivity contribution in [1.29, 1.82) is 0 Å². The van der Waals surface area contributed by atoms with Crippen molar-refractivity contribution >= 4 is 37.5 Å². The molecule has 0 aromatic heterocycles. The number of likely N-dealkylation sites (N-methyl/N-ethyl adjacent to an activating group) is 1. The van der Waals surface area contributed by atoms with Crippen LogP contribution in [0.25, 0.3) is 0 Å². The molecule has 1 aliphatic heterocycles. The summed E-state index contributed by atoms with van der Waals surface area (Å²) in [6, 6.07) is 7.01. The van der Waals surface area contributed by atoms with Crippen LogP contribution in [0.4, 0.5) is 5.69 Å². The minimum absolute atomic E-state index is 0.165. The molecule has 1 aliphatic rings. The van der Waals surface area contributed by atoms with Gasteiger partial charge in [-0.15, -0.1) is 0 Å². The molecule has 128 valence electrons. The topological polar surface area (TPSA) is 60.9 Å². The van der Waals surface area contributed by atoms with Gasteiger partial charge in [-0.3, -0.25) is 9.10 Å². The summed E-state index contributed by atoms with van der Waals surface area (Å²) in [6.07, 6.45) is 1.12. The second kappa shape index (κ2) is 7.63. The average Bonchev–Trinajstić information content (AvgIpc) is 2.52. The second-order valence-corrected chi connectivity index (χ2v) is 8.30. The smallest absolute Gasteiger partial charge is 0.243 e. The van der Waals surface area contributed by atoms with Gasteiger partial charge in [-0.25, -0.2) is 8.42 Å². The molecule has 1 saturated heterocycles. The summed E-state index contributed by atoms with van der Waals surface area (Å²) >= 11 is 3.35. The standard InChI is InChI=1S/C15H22BrN3O3S/c1-3-17-8-10-18(11-9-17)15(20)12-19(23(2,21)22)14-7-5-4-6-13(14)16/h4-7H,3,8-12H2,1-2H3. The Bertz CT molecular complexity index is 658. The van der Waals surface area contributed by atoms with E-state index in [1.54, 1.807) is 29.2 Å². The molecule has 1 aromatic rings. The van der Waals surface area contributed by atoms with Crippen LogP contribution in [0.3, 0.4) is 0 Å². The molecule has 1 aromatic carbocycles. The van der Waals surface area contributed by atoms with E-state index >= 15 is 0 Å². The molecule has 6 nitrogen and oxygen atoms in total. The van der Waals surface area contributed by atoms with Crippen LogP contribution in [0.5, 0.6) is 0 Å². The first-order chi connectivity index (χ1) is 10.8. The van der Waals surface area contributed by atoms with Gasteiger partial charge >= 0.3 is 0 Å². The van der Waals surface area contributed by atoms with E-state index in [0.29, 0.717) is 23.2 Å². The molecule has 2 rings (SSSR count). The number of halogens is 1. The molecule has 23 heavy (non-hydrogen) atoms. The summed E-state index contributed by atoms with van der Waals surface area (Å²) < 4.78 is 26.1. The summed E-state index contributed by atoms with van der Waals surface area (Å²) in [6.45, 7) is 5.82. The average molecular weight is 404 g/mol. The monoisotopic (exact) mass is 403 g/mol. The number of piperazine rings is 1. The van der Waals surface area contributed by atoms with Gasteiger partial charge in [-0.2, -0.15) is 0 Å². The van der Waals surface area contributed by atoms with E-state index in [4.69, 9.17) is 0 Å². The minimum Gasteiger partial charge on any atom is -0.339 e. The van der Waals surface area contributed by atoms with Gasteiger partial charge in [0.25, 0.3) is 0 Å². The van der Waals surface area contributed by atoms with Crippen LogP contribution in [-0.4, -0.2) is 69.6 Å². The number of nitrogens with zero attached hydrogens (tertiary/aromatic N) is 3. The van der Waals surface area contributed by atoms with Crippen molar-refractivity contribution in [3.05, 3.63) is 28.7 Å². The third kappa shape index (κ3) is 4.68. The summed E-state index contributed by atoms with van der Waals surface area (Å²) in [5, 5.41) is 0. The lowest BCUT2D eigenvalue weighted by Gasteiger charge is -2.35. The summed E-state index contributed by atoms with van der Waals surface area (Å²) in [5.74, 6) is -0.165. The van der Waals surface area contributed by atoms with E-state index in [2.05, 4.69) is 27.8 Å². The zero-order chi connectivity index (χ0) is 17.0. The van der Waals surface area contributed by atoms with E-state index < -0.39 is 10.0 Å². The highest BCUT2D eigenvalue weighted by Crippen LogP contribution is 2.27. The maximum atomic E-state index is 12.5. The first-order valence-electron chi connectivity index (χ1n) is 7.55. The van der Waals surface area contributed by atoms with Crippen molar-refractivity contribution in [2.75, 3.05) is 49.8 Å². The summed E-state index contributed by atoms with van der Waals surface area (Å²) in [7, 11) is -3.54. The number of carbonyl (C=O) groups excluding carboxylic acids is 1. The van der Waals surface area contributed by atoms with Crippen LogP contribution in [0.1, 0.15) is 6.92 Å². The number of hydrogen-bond donors (Lipinski definition) is 0. The van der Waals surface area contributed by atoms with Crippen molar-refractivity contribution in [1.82, 2.24) is 9.80 Å². The fourth-order valence-electron chi connectivity index (χ4n) is 2.57. The maximum Gasteiger partial charge on any atom is 0.243 e. The Morgan fingerprint density at radius 2 is 1.83 bits per heavy atom. The molecular formula is C15H22BrN3O3S. The number of sulfonamides is 1. The molecule has 1 heterocycles. The van der Waals surface area contributed by atoms with Gasteiger partial charge in [0, 0.05) is 30.7 Å². The molecule has 1 fully saturated rings. The predicted molar refractivity (Wildman–Crippen MR) is 95.0 cm³/mol. The first-order valence-corrected chi connectivity index (χ1v) is 10.2. The van der Waals surface area contributed by atoms with Gasteiger partial charge in [-0.1, -0.05) is 19.1 Å². The van der Waals surface area contributed by atoms with E-state index in [0.717, 1.165) is 30.2 Å². The number of rotatable bonds is 5. The Labute approximate surface area is 146 Å². The highest BCUT2D eigenvalue weighted by molar-refractivity contribution is 9.10. The van der Waals surface area contributed by atoms with E-state index in [1.807, 2.05) is 0 Å². The van der Waals surface area contributed by atoms with Gasteiger partial charge in [-0.05, 0) is 34.6 Å². The van der Waals surface area contributed by atoms with Crippen LogP contribution in [0, 0.1) is 0 Å². The van der Waals surface area contributed by atoms with E-state index in [1.165, 1.54) is 0 Å². The molecule has 0 bridgehead atoms. The fraction of sp³-hybridized carbons (Fsp3) is 0.533. The lowest BCUT2D eigenvalue weighted by Crippen LogP contribution is -2.51. The van der Waals surface area contributed by atoms with Gasteiger partial charge in [0.1, 0.15) is 6.54 Å². The molecule has 0 aliphatic carbocycles. The van der Waals surface area contributed by atoms with Gasteiger partial charge < -0.3 is 9.80 Å². The third-order valence-electron chi connectivity index (χ3n) is 3.97. The van der Waals surface area contributed by atoms with Crippen molar-refractivity contribution in [3.63, 3.8) is 0 Å². The Balaban J connectivity index is 2.13. The second-order valence-electron chi connectivity index (χ2n) is 5.54. The van der Waals surface area contributed by atoms with Gasteiger partial charge in [0.05, 0.1) is 11.9 Å². The lowest BCUT2D eigenvalue weighted by atomic mass is 10.3. The normalized spacial score (nSPS) is 16.4. The van der Waals surface area contributed by atoms with Crippen LogP contribution >= 0.6 is 15.9 Å². The molecular weight excluding hydrogens is 382 g/mol. The zero-order valence-corrected chi connectivity index (χ0v) is 15.8. The van der Waals surface area contributed by atoms with Crippen molar-refractivity contribution in [2.45, 2.75) is 6.92 Å². The van der Waals surface area contributed by atoms with Crippen LogP contribution in [0.2, 0.25) is 0 Å². The van der Waals surface area contributed by atoms with Crippen LogP contribution < -0.4 is 4.31 Å². The van der Waals surface area contributed by atoms with Crippen molar-refractivity contribution in [3.8, 4) is 0 Å². The number of para-hydroxylation sites is 1. The van der Waals surface area contributed by atoms with Crippen molar-refractivity contribution in [2.24, 2.45) is 0 Å². The maximum absolute atomic E-state index is 12.5. The Hall–Kier alpha value is -1.12. The molecule has 8 heteroatoms. The summed E-state index contributed by atoms with van der Waals surface area (Å²) in [4.78, 5) is 16.5. The largest absolute Gasteiger partial charge is 0.339 e. The van der Waals surface area contributed by atoms with E-state index in [-0.39, 0.29) is 12.5 Å². The molecule has 0 atom stereocenters. The predicted octanol–water partition coefficient (Wildman–Crippen LogP) is 1.38. The highest BCUT2D eigenvalue weighted by atomic mass is 79.9. The fourth-order valence-corrected chi connectivity index (χ4v) is 4.05. The van der Waals surface area contributed by atoms with Gasteiger partial charge in [0.15, 0.2) is 0 Å². The number of anilines is 1. The molecule has 0 spiro atoms. The molecule has 0 saturated carbocycles. The molecule has 0 unspecified atom stereocenters. The SMILES string of the molecule is CCN1CCN(C(=O)CN(c2ccccc2Br)S(C)(=O)=O)CC1. The minimum atomic E-state index is -3.54.